The number of likely N-dealkylation sites (tertiary alicyclic amines) is 1. The molecule has 9 atom stereocenters. The summed E-state index contributed by atoms with van der Waals surface area (Å²) in [7, 11) is 10.4. The van der Waals surface area contributed by atoms with Gasteiger partial charge in [-0.1, -0.05) is 61.0 Å². The first-order chi connectivity index (χ1) is 25.4. The fourth-order valence-electron chi connectivity index (χ4n) is 8.24. The van der Waals surface area contributed by atoms with Crippen LogP contribution in [-0.2, 0) is 35.1 Å². The van der Waals surface area contributed by atoms with Gasteiger partial charge < -0.3 is 29.9 Å². The molecule has 0 aliphatic carbocycles. The highest BCUT2D eigenvalue weighted by Gasteiger charge is 2.45. The van der Waals surface area contributed by atoms with E-state index in [1.807, 2.05) is 67.6 Å². The number of carbonyl (C=O) groups excluding carboxylic acids is 4. The molecule has 1 saturated heterocycles. The second-order valence-electron chi connectivity index (χ2n) is 16.0. The highest BCUT2D eigenvalue weighted by Crippen LogP contribution is 2.31. The third-order valence-electron chi connectivity index (χ3n) is 11.5. The number of benzene rings is 1. The van der Waals surface area contributed by atoms with Crippen LogP contribution < -0.4 is 10.6 Å². The molecule has 1 aromatic carbocycles. The highest BCUT2D eigenvalue weighted by molar-refractivity contribution is 5.90. The zero-order valence-electron chi connectivity index (χ0n) is 35.1. The second kappa shape index (κ2) is 21.9. The van der Waals surface area contributed by atoms with E-state index in [1.54, 1.807) is 30.9 Å². The summed E-state index contributed by atoms with van der Waals surface area (Å²) in [6.45, 7) is 14.2. The summed E-state index contributed by atoms with van der Waals surface area (Å²) in [5, 5.41) is 6.05. The predicted octanol–water partition coefficient (Wildman–Crippen LogP) is 4.56. The lowest BCUT2D eigenvalue weighted by atomic mass is 9.83. The average molecular weight is 766 g/mol. The summed E-state index contributed by atoms with van der Waals surface area (Å²) in [5.74, 6) is -3.25. The van der Waals surface area contributed by atoms with Crippen molar-refractivity contribution < 1.29 is 37.4 Å². The molecule has 1 aliphatic heterocycles. The monoisotopic (exact) mass is 766 g/mol. The standard InChI is InChI=1S/C41H69F2N5O6/c1-14-26(6)38(47(11)41(52)30(24(2)3)21-34(49)37(25(4)5)46(9)10)35(53-12)22-36(50)48-23-28(44-8)20-33(48)39(54-13)27(7)40(51)45-19-18-29-31(42)16-15-17-32(29)43/h15-17,24-28,30,33,35,37-39,44H,14,18-23H2,1-13H3,(H,45,51)/t26-,27+,28-,30-,33-,35+,37-,38-,39+/m0/s1. The molecule has 308 valence electrons. The Labute approximate surface area is 323 Å². The Hall–Kier alpha value is -3.00. The first-order valence-electron chi connectivity index (χ1n) is 19.5. The third kappa shape index (κ3) is 12.0. The van der Waals surface area contributed by atoms with Crippen molar-refractivity contribution in [1.29, 1.82) is 0 Å². The van der Waals surface area contributed by atoms with E-state index in [9.17, 15) is 28.0 Å². The average Bonchev–Trinajstić information content (AvgIpc) is 3.55. The van der Waals surface area contributed by atoms with Crippen LogP contribution >= 0.6 is 0 Å². The molecule has 2 N–H and O–H groups in total. The molecular weight excluding hydrogens is 696 g/mol. The van der Waals surface area contributed by atoms with Crippen LogP contribution in [0.15, 0.2) is 18.2 Å². The van der Waals surface area contributed by atoms with Gasteiger partial charge in [0.05, 0.1) is 42.7 Å². The number of rotatable bonds is 22. The molecule has 1 heterocycles. The van der Waals surface area contributed by atoms with Crippen LogP contribution in [0.2, 0.25) is 0 Å². The van der Waals surface area contributed by atoms with E-state index in [1.165, 1.54) is 25.3 Å². The maximum Gasteiger partial charge on any atom is 0.226 e. The van der Waals surface area contributed by atoms with Gasteiger partial charge in [-0.25, -0.2) is 8.78 Å². The first kappa shape index (κ1) is 47.2. The minimum Gasteiger partial charge on any atom is -0.379 e. The van der Waals surface area contributed by atoms with Gasteiger partial charge in [-0.05, 0) is 63.9 Å². The fraction of sp³-hybridized carbons (Fsp3) is 0.756. The molecule has 0 spiro atoms. The number of amides is 3. The molecular formula is C41H69F2N5O6. The molecule has 1 aliphatic rings. The maximum absolute atomic E-state index is 14.3. The van der Waals surface area contributed by atoms with Crippen molar-refractivity contribution >= 4 is 23.5 Å². The predicted molar refractivity (Wildman–Crippen MR) is 208 cm³/mol. The number of hydrogen-bond donors (Lipinski definition) is 2. The number of ketones is 1. The summed E-state index contributed by atoms with van der Waals surface area (Å²) in [5.41, 5.74) is -0.0915. The molecule has 54 heavy (non-hydrogen) atoms. The van der Waals surface area contributed by atoms with Gasteiger partial charge in [-0.15, -0.1) is 0 Å². The van der Waals surface area contributed by atoms with Crippen LogP contribution in [-0.4, -0.2) is 130 Å². The summed E-state index contributed by atoms with van der Waals surface area (Å²) >= 11 is 0. The van der Waals surface area contributed by atoms with E-state index in [4.69, 9.17) is 9.47 Å². The van der Waals surface area contributed by atoms with Gasteiger partial charge in [0.1, 0.15) is 11.6 Å². The number of carbonyl (C=O) groups is 4. The largest absolute Gasteiger partial charge is 0.379 e. The molecule has 0 aromatic heterocycles. The van der Waals surface area contributed by atoms with E-state index in [2.05, 4.69) is 10.6 Å². The first-order valence-corrected chi connectivity index (χ1v) is 19.5. The van der Waals surface area contributed by atoms with Crippen LogP contribution in [0.5, 0.6) is 0 Å². The van der Waals surface area contributed by atoms with Gasteiger partial charge in [0.2, 0.25) is 17.7 Å². The van der Waals surface area contributed by atoms with E-state index >= 15 is 0 Å². The van der Waals surface area contributed by atoms with Gasteiger partial charge in [-0.3, -0.25) is 24.1 Å². The van der Waals surface area contributed by atoms with E-state index in [0.717, 1.165) is 6.42 Å². The molecule has 0 unspecified atom stereocenters. The van der Waals surface area contributed by atoms with Gasteiger partial charge in [-0.2, -0.15) is 0 Å². The lowest BCUT2D eigenvalue weighted by Gasteiger charge is -2.41. The molecule has 13 heteroatoms. The van der Waals surface area contributed by atoms with Gasteiger partial charge in [0, 0.05) is 58.3 Å². The Balaban J connectivity index is 2.30. The molecule has 1 fully saturated rings. The Bertz CT molecular complexity index is 1350. The van der Waals surface area contributed by atoms with E-state index < -0.39 is 47.8 Å². The van der Waals surface area contributed by atoms with Crippen LogP contribution in [0.3, 0.4) is 0 Å². The zero-order valence-corrected chi connectivity index (χ0v) is 35.1. The van der Waals surface area contributed by atoms with Crippen LogP contribution in [0.1, 0.15) is 79.7 Å². The molecule has 0 saturated carbocycles. The van der Waals surface area contributed by atoms with Gasteiger partial charge in [0.25, 0.3) is 0 Å². The number of nitrogens with one attached hydrogen (secondary N) is 2. The number of likely N-dealkylation sites (N-methyl/N-ethyl adjacent to an activating group) is 3. The Morgan fingerprint density at radius 2 is 1.56 bits per heavy atom. The zero-order chi connectivity index (χ0) is 41.0. The molecule has 0 bridgehead atoms. The summed E-state index contributed by atoms with van der Waals surface area (Å²) in [6.07, 6.45) is 0.0460. The highest BCUT2D eigenvalue weighted by atomic mass is 19.1. The van der Waals surface area contributed by atoms with Crippen molar-refractivity contribution in [2.75, 3.05) is 55.5 Å². The topological polar surface area (TPSA) is 121 Å². The third-order valence-corrected chi connectivity index (χ3v) is 11.5. The molecule has 0 radical (unpaired) electrons. The Morgan fingerprint density at radius 1 is 0.944 bits per heavy atom. The van der Waals surface area contributed by atoms with Crippen LogP contribution in [0, 0.1) is 41.2 Å². The maximum atomic E-state index is 14.3. The van der Waals surface area contributed by atoms with Crippen molar-refractivity contribution in [3.63, 3.8) is 0 Å². The number of Topliss-reactive ketones (excluding diaryl/α,β-unsaturated/α-hetero) is 1. The van der Waals surface area contributed by atoms with Crippen molar-refractivity contribution in [2.45, 2.75) is 117 Å². The smallest absolute Gasteiger partial charge is 0.226 e. The molecule has 3 amide bonds. The Kier molecular flexibility index (Phi) is 19.1. The Morgan fingerprint density at radius 3 is 2.04 bits per heavy atom. The molecule has 1 aromatic rings. The van der Waals surface area contributed by atoms with E-state index in [0.29, 0.717) is 13.0 Å². The van der Waals surface area contributed by atoms with Crippen molar-refractivity contribution in [1.82, 2.24) is 25.3 Å². The molecule has 2 rings (SSSR count). The number of methoxy groups -OCH3 is 2. The number of halogens is 2. The number of ether oxygens (including phenoxy) is 2. The SMILES string of the molecule is CC[C@H](C)[C@@H]([C@@H](CC(=O)N1C[C@@H](NC)C[C@H]1[C@H](OC)[C@@H](C)C(=O)NCCc1c(F)cccc1F)OC)N(C)C(=O)[C@@H](CC(=O)[C@H](C(C)C)N(C)C)C(C)C. The second-order valence-corrected chi connectivity index (χ2v) is 16.0. The van der Waals surface area contributed by atoms with Gasteiger partial charge in [0.15, 0.2) is 5.78 Å². The van der Waals surface area contributed by atoms with E-state index in [-0.39, 0.29) is 84.7 Å². The van der Waals surface area contributed by atoms with Crippen LogP contribution in [0.25, 0.3) is 0 Å². The summed E-state index contributed by atoms with van der Waals surface area (Å²) in [6, 6.07) is 2.40. The van der Waals surface area contributed by atoms with Crippen LogP contribution in [0.4, 0.5) is 8.78 Å². The lowest BCUT2D eigenvalue weighted by molar-refractivity contribution is -0.149. The summed E-state index contributed by atoms with van der Waals surface area (Å²) in [4.78, 5) is 60.9. The van der Waals surface area contributed by atoms with Crippen molar-refractivity contribution in [2.24, 2.45) is 29.6 Å². The minimum atomic E-state index is -0.690. The fourth-order valence-corrected chi connectivity index (χ4v) is 8.24. The minimum absolute atomic E-state index is 0.0113. The normalized spacial score (nSPS) is 20.1. The molecule has 11 nitrogen and oxygen atoms in total. The summed E-state index contributed by atoms with van der Waals surface area (Å²) < 4.78 is 40.2. The number of hydrogen-bond acceptors (Lipinski definition) is 8. The van der Waals surface area contributed by atoms with Crippen molar-refractivity contribution in [3.8, 4) is 0 Å². The van der Waals surface area contributed by atoms with Crippen molar-refractivity contribution in [3.05, 3.63) is 35.4 Å². The quantitative estimate of drug-likeness (QED) is 0.177. The lowest BCUT2D eigenvalue weighted by Crippen LogP contribution is -2.54. The number of nitrogens with zero attached hydrogens (tertiary/aromatic N) is 3. The van der Waals surface area contributed by atoms with Gasteiger partial charge >= 0.3 is 0 Å².